The molecular weight excluding hydrogens is 272 g/mol. The van der Waals surface area contributed by atoms with Gasteiger partial charge in [-0.25, -0.2) is 9.59 Å². The zero-order chi connectivity index (χ0) is 16.2. The summed E-state index contributed by atoms with van der Waals surface area (Å²) in [6, 6.07) is 5.79. The predicted molar refractivity (Wildman–Crippen MR) is 80.5 cm³/mol. The molecule has 0 bridgehead atoms. The van der Waals surface area contributed by atoms with Crippen molar-refractivity contribution in [3.8, 4) is 0 Å². The molecule has 0 heterocycles. The summed E-state index contributed by atoms with van der Waals surface area (Å²) in [6.07, 6.45) is -0.758. The minimum atomic E-state index is -1.14. The first-order valence-corrected chi connectivity index (χ1v) is 6.60. The van der Waals surface area contributed by atoms with E-state index in [1.54, 1.807) is 45.0 Å². The van der Waals surface area contributed by atoms with Crippen molar-refractivity contribution < 1.29 is 19.4 Å². The van der Waals surface area contributed by atoms with Gasteiger partial charge in [-0.2, -0.15) is 0 Å². The van der Waals surface area contributed by atoms with Crippen molar-refractivity contribution in [3.63, 3.8) is 0 Å². The van der Waals surface area contributed by atoms with Crippen LogP contribution in [0.25, 0.3) is 0 Å². The lowest BCUT2D eigenvalue weighted by Crippen LogP contribution is -2.38. The Bertz CT molecular complexity index is 503. The van der Waals surface area contributed by atoms with Crippen LogP contribution in [0.15, 0.2) is 24.3 Å². The predicted octanol–water partition coefficient (Wildman–Crippen LogP) is 2.40. The number of carbonyl (C=O) groups excluding carboxylic acids is 1. The van der Waals surface area contributed by atoms with Gasteiger partial charge in [-0.15, -0.1) is 0 Å². The van der Waals surface area contributed by atoms with E-state index in [9.17, 15) is 14.7 Å². The maximum absolute atomic E-state index is 11.7. The normalized spacial score (nSPS) is 12.4. The van der Waals surface area contributed by atoms with Crippen LogP contribution in [-0.4, -0.2) is 36.9 Å². The molecule has 0 fully saturated rings. The maximum atomic E-state index is 11.7. The van der Waals surface area contributed by atoms with E-state index >= 15 is 0 Å². The van der Waals surface area contributed by atoms with Crippen LogP contribution in [0.5, 0.6) is 0 Å². The molecule has 6 heteroatoms. The quantitative estimate of drug-likeness (QED) is 0.891. The average molecular weight is 294 g/mol. The van der Waals surface area contributed by atoms with Gasteiger partial charge in [0.2, 0.25) is 0 Å². The molecule has 1 atom stereocenters. The summed E-state index contributed by atoms with van der Waals surface area (Å²) < 4.78 is 5.08. The summed E-state index contributed by atoms with van der Waals surface area (Å²) in [5.41, 5.74) is 0.751. The van der Waals surface area contributed by atoms with Crippen molar-refractivity contribution in [1.82, 2.24) is 5.32 Å². The molecule has 0 aliphatic heterocycles. The van der Waals surface area contributed by atoms with Crippen LogP contribution in [0, 0.1) is 0 Å². The molecule has 0 aromatic heterocycles. The van der Waals surface area contributed by atoms with Gasteiger partial charge in [0.25, 0.3) is 0 Å². The minimum absolute atomic E-state index is 0.485. The third kappa shape index (κ3) is 5.33. The van der Waals surface area contributed by atoms with E-state index in [4.69, 9.17) is 4.74 Å². The number of carboxylic acids is 1. The molecule has 1 rings (SSSR count). The van der Waals surface area contributed by atoms with Crippen LogP contribution in [0.1, 0.15) is 32.4 Å². The molecule has 0 saturated heterocycles. The Morgan fingerprint density at radius 3 is 2.10 bits per heavy atom. The van der Waals surface area contributed by atoms with Crippen LogP contribution in [0.2, 0.25) is 0 Å². The van der Waals surface area contributed by atoms with Crippen LogP contribution in [-0.2, 0) is 9.53 Å². The number of anilines is 1. The smallest absolute Gasteiger partial charge is 0.408 e. The Morgan fingerprint density at radius 2 is 1.71 bits per heavy atom. The van der Waals surface area contributed by atoms with E-state index in [0.717, 1.165) is 5.69 Å². The Kier molecular flexibility index (Phi) is 5.18. The Labute approximate surface area is 124 Å². The Balaban J connectivity index is 2.87. The highest BCUT2D eigenvalue weighted by atomic mass is 16.6. The molecule has 2 N–H and O–H groups in total. The summed E-state index contributed by atoms with van der Waals surface area (Å²) in [5.74, 6) is -1.14. The van der Waals surface area contributed by atoms with Crippen LogP contribution < -0.4 is 10.2 Å². The molecule has 1 aromatic carbocycles. The molecule has 1 aromatic rings. The number of ether oxygens (including phenoxy) is 1. The number of rotatable bonds is 4. The molecule has 0 aliphatic rings. The van der Waals surface area contributed by atoms with E-state index < -0.39 is 23.7 Å². The number of carbonyl (C=O) groups is 2. The van der Waals surface area contributed by atoms with E-state index in [2.05, 4.69) is 5.32 Å². The largest absolute Gasteiger partial charge is 0.479 e. The van der Waals surface area contributed by atoms with Gasteiger partial charge in [-0.3, -0.25) is 0 Å². The monoisotopic (exact) mass is 294 g/mol. The average Bonchev–Trinajstić information content (AvgIpc) is 2.33. The zero-order valence-electron chi connectivity index (χ0n) is 13.0. The third-order valence-corrected chi connectivity index (χ3v) is 2.65. The van der Waals surface area contributed by atoms with Crippen molar-refractivity contribution >= 4 is 17.7 Å². The maximum Gasteiger partial charge on any atom is 0.408 e. The number of benzene rings is 1. The lowest BCUT2D eigenvalue weighted by Gasteiger charge is -2.22. The van der Waals surface area contributed by atoms with Gasteiger partial charge in [-0.05, 0) is 38.5 Å². The molecule has 6 nitrogen and oxygen atoms in total. The molecule has 116 valence electrons. The fourth-order valence-corrected chi connectivity index (χ4v) is 1.68. The van der Waals surface area contributed by atoms with E-state index in [1.807, 2.05) is 19.0 Å². The highest BCUT2D eigenvalue weighted by Crippen LogP contribution is 2.19. The van der Waals surface area contributed by atoms with Crippen molar-refractivity contribution in [3.05, 3.63) is 29.8 Å². The van der Waals surface area contributed by atoms with Crippen molar-refractivity contribution in [1.29, 1.82) is 0 Å². The SMILES string of the molecule is CN(C)c1ccc([C@@H](NC(=O)OC(C)(C)C)C(=O)O)cc1. The first-order valence-electron chi connectivity index (χ1n) is 6.60. The molecule has 0 unspecified atom stereocenters. The van der Waals surface area contributed by atoms with Gasteiger partial charge in [-0.1, -0.05) is 12.1 Å². The van der Waals surface area contributed by atoms with Gasteiger partial charge in [0.1, 0.15) is 5.60 Å². The summed E-state index contributed by atoms with van der Waals surface area (Å²) in [6.45, 7) is 5.15. The minimum Gasteiger partial charge on any atom is -0.479 e. The van der Waals surface area contributed by atoms with Crippen LogP contribution in [0.4, 0.5) is 10.5 Å². The molecule has 0 radical (unpaired) electrons. The van der Waals surface area contributed by atoms with Crippen molar-refractivity contribution in [2.45, 2.75) is 32.4 Å². The van der Waals surface area contributed by atoms with Crippen LogP contribution >= 0.6 is 0 Å². The number of aliphatic carboxylic acids is 1. The summed E-state index contributed by atoms with van der Waals surface area (Å²) in [4.78, 5) is 25.0. The van der Waals surface area contributed by atoms with E-state index in [0.29, 0.717) is 5.56 Å². The summed E-state index contributed by atoms with van der Waals surface area (Å²) >= 11 is 0. The molecular formula is C15H22N2O4. The van der Waals surface area contributed by atoms with Crippen LogP contribution in [0.3, 0.4) is 0 Å². The number of alkyl carbamates (subject to hydrolysis) is 1. The second-order valence-corrected chi connectivity index (χ2v) is 5.90. The second kappa shape index (κ2) is 6.47. The van der Waals surface area contributed by atoms with Gasteiger partial charge in [0, 0.05) is 19.8 Å². The van der Waals surface area contributed by atoms with Crippen molar-refractivity contribution in [2.24, 2.45) is 0 Å². The first-order chi connectivity index (χ1) is 9.60. The fraction of sp³-hybridized carbons (Fsp3) is 0.467. The van der Waals surface area contributed by atoms with Crippen molar-refractivity contribution in [2.75, 3.05) is 19.0 Å². The highest BCUT2D eigenvalue weighted by molar-refractivity contribution is 5.81. The summed E-state index contributed by atoms with van der Waals surface area (Å²) in [5, 5.41) is 11.6. The molecule has 0 spiro atoms. The second-order valence-electron chi connectivity index (χ2n) is 5.90. The fourth-order valence-electron chi connectivity index (χ4n) is 1.68. The van der Waals surface area contributed by atoms with Gasteiger partial charge in [0.05, 0.1) is 0 Å². The number of carboxylic acid groups (broad SMARTS) is 1. The zero-order valence-corrected chi connectivity index (χ0v) is 13.0. The number of amides is 1. The Hall–Kier alpha value is -2.24. The highest BCUT2D eigenvalue weighted by Gasteiger charge is 2.25. The number of nitrogens with one attached hydrogen (secondary N) is 1. The van der Waals surface area contributed by atoms with E-state index in [-0.39, 0.29) is 0 Å². The van der Waals surface area contributed by atoms with Gasteiger partial charge >= 0.3 is 12.1 Å². The summed E-state index contributed by atoms with van der Waals surface area (Å²) in [7, 11) is 3.78. The van der Waals surface area contributed by atoms with Gasteiger partial charge < -0.3 is 20.1 Å². The first kappa shape index (κ1) is 16.8. The lowest BCUT2D eigenvalue weighted by atomic mass is 10.1. The van der Waals surface area contributed by atoms with E-state index in [1.165, 1.54) is 0 Å². The third-order valence-electron chi connectivity index (χ3n) is 2.65. The topological polar surface area (TPSA) is 78.9 Å². The molecule has 0 saturated carbocycles. The standard InChI is InChI=1S/C15H22N2O4/c1-15(2,3)21-14(20)16-12(13(18)19)10-6-8-11(9-7-10)17(4)5/h6-9,12H,1-5H3,(H,16,20)(H,18,19)/t12-/m1/s1. The molecule has 0 aliphatic carbocycles. The number of hydrogen-bond donors (Lipinski definition) is 2. The number of hydrogen-bond acceptors (Lipinski definition) is 4. The Morgan fingerprint density at radius 1 is 1.19 bits per heavy atom. The number of nitrogens with zero attached hydrogens (tertiary/aromatic N) is 1. The lowest BCUT2D eigenvalue weighted by molar-refractivity contribution is -0.139. The molecule has 21 heavy (non-hydrogen) atoms. The van der Waals surface area contributed by atoms with Gasteiger partial charge in [0.15, 0.2) is 6.04 Å². The molecule has 1 amide bonds.